The van der Waals surface area contributed by atoms with Gasteiger partial charge in [-0.1, -0.05) is 60.2 Å². The summed E-state index contributed by atoms with van der Waals surface area (Å²) in [5, 5.41) is 7.47. The number of ether oxygens (including phenoxy) is 1. The summed E-state index contributed by atoms with van der Waals surface area (Å²) in [4.78, 5) is 37.9. The fraction of sp³-hybridized carbons (Fsp3) is 0.269. The molecule has 190 valence electrons. The van der Waals surface area contributed by atoms with Crippen LogP contribution in [-0.4, -0.2) is 47.7 Å². The van der Waals surface area contributed by atoms with Gasteiger partial charge in [0.05, 0.1) is 17.9 Å². The first-order valence-corrected chi connectivity index (χ1v) is 12.5. The Morgan fingerprint density at radius 3 is 2.33 bits per heavy atom. The summed E-state index contributed by atoms with van der Waals surface area (Å²) < 4.78 is 20.5. The Labute approximate surface area is 212 Å². The van der Waals surface area contributed by atoms with Crippen LogP contribution >= 0.6 is 0 Å². The van der Waals surface area contributed by atoms with E-state index < -0.39 is 47.2 Å². The molecule has 3 amide bonds. The zero-order chi connectivity index (χ0) is 26.1. The normalized spacial score (nSPS) is 13.5. The van der Waals surface area contributed by atoms with Crippen LogP contribution in [0, 0.1) is 6.92 Å². The lowest BCUT2D eigenvalue weighted by Crippen LogP contribution is -2.55. The second-order valence-electron chi connectivity index (χ2n) is 8.30. The number of hydrogen-bond acceptors (Lipinski definition) is 5. The van der Waals surface area contributed by atoms with Gasteiger partial charge in [-0.15, -0.1) is 0 Å². The van der Waals surface area contributed by atoms with Crippen molar-refractivity contribution in [2.45, 2.75) is 36.9 Å². The molecule has 0 spiro atoms. The first-order valence-electron chi connectivity index (χ1n) is 11.3. The number of rotatable bonds is 12. The molecule has 0 aromatic heterocycles. The van der Waals surface area contributed by atoms with Crippen LogP contribution in [0.5, 0.6) is 0 Å². The second-order valence-corrected chi connectivity index (χ2v) is 9.54. The van der Waals surface area contributed by atoms with E-state index in [0.717, 1.165) is 21.9 Å². The predicted molar refractivity (Wildman–Crippen MR) is 138 cm³/mol. The number of nitrogens with two attached hydrogens (primary N) is 1. The van der Waals surface area contributed by atoms with Gasteiger partial charge in [0.25, 0.3) is 0 Å². The van der Waals surface area contributed by atoms with E-state index in [1.165, 1.54) is 7.11 Å². The SMILES string of the molecule is COC[C@H](NC(=O)[C@H](CC(N)=O)NS(=O)c1ccc(C)cc1)C(=O)NCc1cccc2ccccc12. The van der Waals surface area contributed by atoms with E-state index in [4.69, 9.17) is 10.5 Å². The third-order valence-electron chi connectivity index (χ3n) is 5.51. The van der Waals surface area contributed by atoms with E-state index in [1.807, 2.05) is 49.4 Å². The van der Waals surface area contributed by atoms with Crippen LogP contribution in [0.15, 0.2) is 71.6 Å². The van der Waals surface area contributed by atoms with Gasteiger partial charge in [0.2, 0.25) is 17.7 Å². The Balaban J connectivity index is 1.68. The maximum Gasteiger partial charge on any atom is 0.245 e. The molecule has 0 radical (unpaired) electrons. The van der Waals surface area contributed by atoms with Crippen LogP contribution in [0.2, 0.25) is 0 Å². The van der Waals surface area contributed by atoms with Gasteiger partial charge in [-0.25, -0.2) is 8.93 Å². The fourth-order valence-corrected chi connectivity index (χ4v) is 4.59. The molecule has 10 heteroatoms. The first kappa shape index (κ1) is 27.0. The molecule has 36 heavy (non-hydrogen) atoms. The zero-order valence-electron chi connectivity index (χ0n) is 20.2. The molecular formula is C26H30N4O5S. The van der Waals surface area contributed by atoms with Crippen molar-refractivity contribution < 1.29 is 23.3 Å². The summed E-state index contributed by atoms with van der Waals surface area (Å²) in [6.07, 6.45) is -0.402. The van der Waals surface area contributed by atoms with Crippen molar-refractivity contribution >= 4 is 39.5 Å². The molecule has 3 rings (SSSR count). The molecule has 3 aromatic carbocycles. The smallest absolute Gasteiger partial charge is 0.245 e. The highest BCUT2D eigenvalue weighted by atomic mass is 32.2. The first-order chi connectivity index (χ1) is 17.3. The highest BCUT2D eigenvalue weighted by Crippen LogP contribution is 2.18. The maximum absolute atomic E-state index is 13.0. The second kappa shape index (κ2) is 12.9. The number of carbonyl (C=O) groups is 3. The van der Waals surface area contributed by atoms with Crippen molar-refractivity contribution in [3.8, 4) is 0 Å². The lowest BCUT2D eigenvalue weighted by Gasteiger charge is -2.22. The molecule has 0 aliphatic carbocycles. The third kappa shape index (κ3) is 7.45. The van der Waals surface area contributed by atoms with Gasteiger partial charge in [-0.2, -0.15) is 0 Å². The molecule has 0 aliphatic heterocycles. The van der Waals surface area contributed by atoms with Gasteiger partial charge >= 0.3 is 0 Å². The van der Waals surface area contributed by atoms with Gasteiger partial charge in [-0.3, -0.25) is 14.4 Å². The molecule has 0 fully saturated rings. The predicted octanol–water partition coefficient (Wildman–Crippen LogP) is 1.45. The quantitative estimate of drug-likeness (QED) is 0.292. The third-order valence-corrected chi connectivity index (χ3v) is 6.70. The average Bonchev–Trinajstić information content (AvgIpc) is 2.86. The Bertz CT molecular complexity index is 1240. The summed E-state index contributed by atoms with van der Waals surface area (Å²) >= 11 is 0. The maximum atomic E-state index is 13.0. The molecule has 0 saturated heterocycles. The Morgan fingerprint density at radius 1 is 0.944 bits per heavy atom. The molecule has 0 aliphatic rings. The van der Waals surface area contributed by atoms with Gasteiger partial charge in [0.1, 0.15) is 23.1 Å². The van der Waals surface area contributed by atoms with Crippen LogP contribution in [0.1, 0.15) is 17.5 Å². The van der Waals surface area contributed by atoms with Crippen molar-refractivity contribution in [2.75, 3.05) is 13.7 Å². The molecule has 3 aromatic rings. The topological polar surface area (TPSA) is 140 Å². The molecule has 0 saturated carbocycles. The van der Waals surface area contributed by atoms with Crippen LogP contribution < -0.4 is 21.1 Å². The zero-order valence-corrected chi connectivity index (χ0v) is 21.0. The van der Waals surface area contributed by atoms with Crippen LogP contribution in [0.3, 0.4) is 0 Å². The molecular weight excluding hydrogens is 480 g/mol. The number of nitrogens with one attached hydrogen (secondary N) is 3. The minimum atomic E-state index is -1.78. The number of fused-ring (bicyclic) bond motifs is 1. The Morgan fingerprint density at radius 2 is 1.64 bits per heavy atom. The van der Waals surface area contributed by atoms with E-state index in [1.54, 1.807) is 24.3 Å². The summed E-state index contributed by atoms with van der Waals surface area (Å²) in [7, 11) is -0.375. The fourth-order valence-electron chi connectivity index (χ4n) is 3.62. The number of hydrogen-bond donors (Lipinski definition) is 4. The summed E-state index contributed by atoms with van der Waals surface area (Å²) in [5.41, 5.74) is 7.22. The molecule has 9 nitrogen and oxygen atoms in total. The van der Waals surface area contributed by atoms with Crippen molar-refractivity contribution in [1.29, 1.82) is 0 Å². The van der Waals surface area contributed by atoms with Crippen LogP contribution in [0.25, 0.3) is 10.8 Å². The van der Waals surface area contributed by atoms with E-state index >= 15 is 0 Å². The summed E-state index contributed by atoms with van der Waals surface area (Å²) in [5.74, 6) is -1.92. The van der Waals surface area contributed by atoms with E-state index in [-0.39, 0.29) is 13.2 Å². The minimum absolute atomic E-state index is 0.0997. The van der Waals surface area contributed by atoms with Crippen molar-refractivity contribution in [3.63, 3.8) is 0 Å². The number of amides is 3. The minimum Gasteiger partial charge on any atom is -0.382 e. The lowest BCUT2D eigenvalue weighted by atomic mass is 10.0. The van der Waals surface area contributed by atoms with E-state index in [0.29, 0.717) is 4.90 Å². The van der Waals surface area contributed by atoms with Gasteiger partial charge in [0.15, 0.2) is 0 Å². The number of benzene rings is 3. The van der Waals surface area contributed by atoms with Crippen LogP contribution in [-0.2, 0) is 36.7 Å². The highest BCUT2D eigenvalue weighted by molar-refractivity contribution is 7.83. The van der Waals surface area contributed by atoms with Gasteiger partial charge in [0, 0.05) is 13.7 Å². The molecule has 0 bridgehead atoms. The van der Waals surface area contributed by atoms with Crippen LogP contribution in [0.4, 0.5) is 0 Å². The van der Waals surface area contributed by atoms with Gasteiger partial charge < -0.3 is 21.1 Å². The van der Waals surface area contributed by atoms with Crippen molar-refractivity contribution in [3.05, 3.63) is 77.9 Å². The molecule has 3 atom stereocenters. The number of primary amides is 1. The monoisotopic (exact) mass is 510 g/mol. The highest BCUT2D eigenvalue weighted by Gasteiger charge is 2.28. The van der Waals surface area contributed by atoms with Gasteiger partial charge in [-0.05, 0) is 35.4 Å². The molecule has 5 N–H and O–H groups in total. The van der Waals surface area contributed by atoms with Crippen molar-refractivity contribution in [1.82, 2.24) is 15.4 Å². The number of carbonyl (C=O) groups excluding carboxylic acids is 3. The standard InChI is InChI=1S/C26H30N4O5S/c1-17-10-12-20(13-11-17)36(34)30-22(14-24(27)31)26(33)29-23(16-35-2)25(32)28-15-19-8-5-7-18-6-3-4-9-21(18)19/h3-13,22-23,30H,14-16H2,1-2H3,(H2,27,31)(H,28,32)(H,29,33)/t22-,23-,36?/m0/s1. The van der Waals surface area contributed by atoms with E-state index in [9.17, 15) is 18.6 Å². The number of aryl methyl sites for hydroxylation is 1. The van der Waals surface area contributed by atoms with Crippen molar-refractivity contribution in [2.24, 2.45) is 5.73 Å². The Kier molecular flexibility index (Phi) is 9.69. The molecule has 0 heterocycles. The van der Waals surface area contributed by atoms with E-state index in [2.05, 4.69) is 15.4 Å². The average molecular weight is 511 g/mol. The molecule has 1 unspecified atom stereocenters. The number of methoxy groups -OCH3 is 1. The summed E-state index contributed by atoms with van der Waals surface area (Å²) in [6, 6.07) is 18.3. The summed E-state index contributed by atoms with van der Waals surface area (Å²) in [6.45, 7) is 2.04. The largest absolute Gasteiger partial charge is 0.382 e. The Hall–Kier alpha value is -3.60. The lowest BCUT2D eigenvalue weighted by molar-refractivity contribution is -0.132.